The van der Waals surface area contributed by atoms with Crippen LogP contribution in [0.4, 0.5) is 20.6 Å². The molecule has 2 heterocycles. The van der Waals surface area contributed by atoms with Crippen LogP contribution in [-0.4, -0.2) is 35.0 Å². The van der Waals surface area contributed by atoms with Crippen LogP contribution in [0.1, 0.15) is 25.7 Å². The second-order valence-electron chi connectivity index (χ2n) is 7.89. The molecule has 0 aliphatic carbocycles. The Morgan fingerprint density at radius 3 is 2.84 bits per heavy atom. The molecule has 3 N–H and O–H groups in total. The average molecular weight is 438 g/mol. The van der Waals surface area contributed by atoms with Crippen molar-refractivity contribution in [3.05, 3.63) is 60.5 Å². The van der Waals surface area contributed by atoms with Gasteiger partial charge in [-0.05, 0) is 62.2 Å². The number of hydrogen-bond acceptors (Lipinski definition) is 4. The lowest BCUT2D eigenvalue weighted by Crippen LogP contribution is -2.35. The number of rotatable bonds is 7. The molecule has 1 saturated heterocycles. The molecule has 0 radical (unpaired) electrons. The van der Waals surface area contributed by atoms with Crippen LogP contribution in [0.15, 0.2) is 54.7 Å². The Bertz CT molecular complexity index is 1060. The van der Waals surface area contributed by atoms with E-state index in [0.29, 0.717) is 18.3 Å². The first-order valence-electron chi connectivity index (χ1n) is 10.9. The molecule has 4 rings (SSSR count). The number of urea groups is 1. The Kier molecular flexibility index (Phi) is 7.01. The zero-order valence-electron chi connectivity index (χ0n) is 18.1. The zero-order chi connectivity index (χ0) is 22.3. The third-order valence-corrected chi connectivity index (χ3v) is 5.59. The molecule has 32 heavy (non-hydrogen) atoms. The van der Waals surface area contributed by atoms with E-state index in [0.717, 1.165) is 30.0 Å². The van der Waals surface area contributed by atoms with E-state index in [9.17, 15) is 9.18 Å². The number of anilines is 2. The fraction of sp³-hybridized carbons (Fsp3) is 0.333. The number of aryl methyl sites for hydroxylation is 1. The van der Waals surface area contributed by atoms with E-state index in [-0.39, 0.29) is 5.69 Å². The lowest BCUT2D eigenvalue weighted by molar-refractivity contribution is 0.262. The molecule has 0 spiro atoms. The fourth-order valence-corrected chi connectivity index (χ4v) is 3.90. The number of nitrogens with one attached hydrogen (secondary N) is 3. The van der Waals surface area contributed by atoms with E-state index in [4.69, 9.17) is 4.74 Å². The molecule has 0 bridgehead atoms. The predicted molar refractivity (Wildman–Crippen MR) is 123 cm³/mol. The van der Waals surface area contributed by atoms with Crippen LogP contribution in [0.2, 0.25) is 0 Å². The van der Waals surface area contributed by atoms with E-state index in [2.05, 4.69) is 21.0 Å². The number of carbonyl (C=O) groups is 1. The van der Waals surface area contributed by atoms with Crippen molar-refractivity contribution in [2.45, 2.75) is 31.7 Å². The Balaban J connectivity index is 1.47. The average Bonchev–Trinajstić information content (AvgIpc) is 3.22. The van der Waals surface area contributed by atoms with E-state index in [1.54, 1.807) is 29.1 Å². The van der Waals surface area contributed by atoms with Crippen molar-refractivity contribution in [3.8, 4) is 17.0 Å². The Hall–Kier alpha value is -3.39. The van der Waals surface area contributed by atoms with Crippen molar-refractivity contribution in [2.24, 2.45) is 7.05 Å². The highest BCUT2D eigenvalue weighted by atomic mass is 19.1. The Labute approximate surface area is 187 Å². The molecule has 1 aliphatic rings. The summed E-state index contributed by atoms with van der Waals surface area (Å²) in [4.78, 5) is 12.4. The van der Waals surface area contributed by atoms with Gasteiger partial charge in [-0.25, -0.2) is 9.18 Å². The molecule has 2 aromatic carbocycles. The van der Waals surface area contributed by atoms with Gasteiger partial charge in [0.1, 0.15) is 11.6 Å². The maximum Gasteiger partial charge on any atom is 0.323 e. The van der Waals surface area contributed by atoms with Gasteiger partial charge in [0.05, 0.1) is 18.0 Å². The third-order valence-electron chi connectivity index (χ3n) is 5.59. The molecule has 2 amide bonds. The molecule has 1 aliphatic heterocycles. The third kappa shape index (κ3) is 5.45. The SMILES string of the molecule is Cn1nccc1-c1cc(NC(=O)Nc2ccccc2F)ccc1OCCC1CCCCN1. The summed E-state index contributed by atoms with van der Waals surface area (Å²) in [5, 5.41) is 13.1. The quantitative estimate of drug-likeness (QED) is 0.497. The van der Waals surface area contributed by atoms with Gasteiger partial charge in [0.25, 0.3) is 0 Å². The summed E-state index contributed by atoms with van der Waals surface area (Å²) in [5.74, 6) is 0.235. The Morgan fingerprint density at radius 2 is 2.09 bits per heavy atom. The molecular formula is C24H28FN5O2. The number of hydrogen-bond donors (Lipinski definition) is 3. The molecular weight excluding hydrogens is 409 g/mol. The number of nitrogens with zero attached hydrogens (tertiary/aromatic N) is 2. The van der Waals surface area contributed by atoms with Crippen molar-refractivity contribution in [1.29, 1.82) is 0 Å². The summed E-state index contributed by atoms with van der Waals surface area (Å²) in [6.45, 7) is 1.67. The van der Waals surface area contributed by atoms with E-state index >= 15 is 0 Å². The highest BCUT2D eigenvalue weighted by Crippen LogP contribution is 2.33. The van der Waals surface area contributed by atoms with E-state index < -0.39 is 11.8 Å². The second-order valence-corrected chi connectivity index (χ2v) is 7.89. The molecule has 1 aromatic heterocycles. The molecule has 168 valence electrons. The normalized spacial score (nSPS) is 15.9. The first-order valence-corrected chi connectivity index (χ1v) is 10.9. The van der Waals surface area contributed by atoms with Gasteiger partial charge in [0, 0.05) is 30.5 Å². The van der Waals surface area contributed by atoms with Gasteiger partial charge < -0.3 is 20.7 Å². The molecule has 1 fully saturated rings. The van der Waals surface area contributed by atoms with Crippen LogP contribution < -0.4 is 20.7 Å². The summed E-state index contributed by atoms with van der Waals surface area (Å²) >= 11 is 0. The minimum absolute atomic E-state index is 0.119. The summed E-state index contributed by atoms with van der Waals surface area (Å²) < 4.78 is 21.7. The summed E-state index contributed by atoms with van der Waals surface area (Å²) in [6.07, 6.45) is 6.33. The largest absolute Gasteiger partial charge is 0.493 e. The molecule has 0 saturated carbocycles. The van der Waals surface area contributed by atoms with Crippen LogP contribution in [0, 0.1) is 5.82 Å². The van der Waals surface area contributed by atoms with Crippen LogP contribution in [0.25, 0.3) is 11.3 Å². The number of carbonyl (C=O) groups excluding carboxylic acids is 1. The molecule has 1 unspecified atom stereocenters. The van der Waals surface area contributed by atoms with Gasteiger partial charge >= 0.3 is 6.03 Å². The zero-order valence-corrected chi connectivity index (χ0v) is 18.1. The summed E-state index contributed by atoms with van der Waals surface area (Å²) in [7, 11) is 1.86. The van der Waals surface area contributed by atoms with Gasteiger partial charge in [0.2, 0.25) is 0 Å². The molecule has 3 aromatic rings. The maximum absolute atomic E-state index is 13.8. The Morgan fingerprint density at radius 1 is 1.22 bits per heavy atom. The lowest BCUT2D eigenvalue weighted by Gasteiger charge is -2.23. The topological polar surface area (TPSA) is 80.2 Å². The van der Waals surface area contributed by atoms with Gasteiger partial charge in [0.15, 0.2) is 0 Å². The van der Waals surface area contributed by atoms with Crippen molar-refractivity contribution < 1.29 is 13.9 Å². The number of para-hydroxylation sites is 1. The monoisotopic (exact) mass is 437 g/mol. The van der Waals surface area contributed by atoms with Crippen LogP contribution in [0.5, 0.6) is 5.75 Å². The minimum Gasteiger partial charge on any atom is -0.493 e. The minimum atomic E-state index is -0.525. The molecule has 1 atom stereocenters. The van der Waals surface area contributed by atoms with Gasteiger partial charge in [-0.3, -0.25) is 4.68 Å². The number of ether oxygens (including phenoxy) is 1. The molecule has 7 nitrogen and oxygen atoms in total. The van der Waals surface area contributed by atoms with E-state index in [1.807, 2.05) is 25.2 Å². The van der Waals surface area contributed by atoms with Gasteiger partial charge in [-0.15, -0.1) is 0 Å². The number of benzene rings is 2. The van der Waals surface area contributed by atoms with Crippen molar-refractivity contribution in [1.82, 2.24) is 15.1 Å². The highest BCUT2D eigenvalue weighted by molar-refractivity contribution is 6.00. The number of piperidine rings is 1. The van der Waals surface area contributed by atoms with Crippen LogP contribution >= 0.6 is 0 Å². The lowest BCUT2D eigenvalue weighted by atomic mass is 10.0. The number of halogens is 1. The van der Waals surface area contributed by atoms with E-state index in [1.165, 1.54) is 31.4 Å². The van der Waals surface area contributed by atoms with Gasteiger partial charge in [-0.1, -0.05) is 18.6 Å². The number of aromatic nitrogens is 2. The molecule has 8 heteroatoms. The predicted octanol–water partition coefficient (Wildman–Crippen LogP) is 4.78. The highest BCUT2D eigenvalue weighted by Gasteiger charge is 2.15. The summed E-state index contributed by atoms with van der Waals surface area (Å²) in [5.41, 5.74) is 2.38. The standard InChI is InChI=1S/C24H28FN5O2/c1-30-22(11-14-27-30)19-16-18(28-24(31)29-21-8-3-2-7-20(21)25)9-10-23(19)32-15-12-17-6-4-5-13-26-17/h2-3,7-11,14,16-17,26H,4-6,12-13,15H2,1H3,(H2,28,29,31). The van der Waals surface area contributed by atoms with Crippen LogP contribution in [-0.2, 0) is 7.05 Å². The number of amides is 2. The fourth-order valence-electron chi connectivity index (χ4n) is 3.90. The van der Waals surface area contributed by atoms with Crippen molar-refractivity contribution >= 4 is 17.4 Å². The van der Waals surface area contributed by atoms with Crippen LogP contribution in [0.3, 0.4) is 0 Å². The van der Waals surface area contributed by atoms with Crippen molar-refractivity contribution in [3.63, 3.8) is 0 Å². The first kappa shape index (κ1) is 21.8. The van der Waals surface area contributed by atoms with Crippen molar-refractivity contribution in [2.75, 3.05) is 23.8 Å². The van der Waals surface area contributed by atoms with Gasteiger partial charge in [-0.2, -0.15) is 5.10 Å². The second kappa shape index (κ2) is 10.3. The first-order chi connectivity index (χ1) is 15.6. The smallest absolute Gasteiger partial charge is 0.323 e. The summed E-state index contributed by atoms with van der Waals surface area (Å²) in [6, 6.07) is 13.4. The maximum atomic E-state index is 13.8.